The van der Waals surface area contributed by atoms with Crippen LogP contribution in [0, 0.1) is 19.3 Å². The molecule has 0 amide bonds. The van der Waals surface area contributed by atoms with Gasteiger partial charge in [-0.05, 0) is 44.4 Å². The molecule has 1 N–H and O–H groups in total. The molecule has 1 rings (SSSR count). The monoisotopic (exact) mass is 245 g/mol. The van der Waals surface area contributed by atoms with Gasteiger partial charge in [-0.3, -0.25) is 0 Å². The van der Waals surface area contributed by atoms with Gasteiger partial charge in [0.15, 0.2) is 0 Å². The van der Waals surface area contributed by atoms with Crippen LogP contribution in [0.3, 0.4) is 0 Å². The van der Waals surface area contributed by atoms with Crippen molar-refractivity contribution in [2.24, 2.45) is 0 Å². The average molecular weight is 245 g/mol. The largest absolute Gasteiger partial charge is 0.310 e. The summed E-state index contributed by atoms with van der Waals surface area (Å²) in [5.41, 5.74) is 3.35. The number of nitrogens with one attached hydrogen (secondary N) is 1. The summed E-state index contributed by atoms with van der Waals surface area (Å²) in [6, 6.07) is 2.49. The molecule has 0 aromatic carbocycles. The SMILES string of the molecule is C#CCCCC(NCC)c1cc(C)nnc1CC. The van der Waals surface area contributed by atoms with Gasteiger partial charge < -0.3 is 5.32 Å². The van der Waals surface area contributed by atoms with Crippen LogP contribution in [0.4, 0.5) is 0 Å². The first kappa shape index (κ1) is 14.7. The number of hydrogen-bond acceptors (Lipinski definition) is 3. The second kappa shape index (κ2) is 7.84. The molecular weight excluding hydrogens is 222 g/mol. The molecule has 18 heavy (non-hydrogen) atoms. The Morgan fingerprint density at radius 2 is 2.17 bits per heavy atom. The Hall–Kier alpha value is -1.40. The van der Waals surface area contributed by atoms with E-state index in [0.29, 0.717) is 6.04 Å². The Bertz CT molecular complexity index is 407. The summed E-state index contributed by atoms with van der Waals surface area (Å²) in [7, 11) is 0. The van der Waals surface area contributed by atoms with Crippen LogP contribution in [-0.2, 0) is 6.42 Å². The molecule has 0 radical (unpaired) electrons. The highest BCUT2D eigenvalue weighted by Gasteiger charge is 2.15. The minimum Gasteiger partial charge on any atom is -0.310 e. The van der Waals surface area contributed by atoms with Crippen molar-refractivity contribution in [3.05, 3.63) is 23.0 Å². The van der Waals surface area contributed by atoms with Gasteiger partial charge in [0, 0.05) is 12.5 Å². The second-order valence-corrected chi connectivity index (χ2v) is 4.45. The van der Waals surface area contributed by atoms with Gasteiger partial charge >= 0.3 is 0 Å². The van der Waals surface area contributed by atoms with Crippen LogP contribution >= 0.6 is 0 Å². The molecule has 0 aliphatic rings. The molecule has 0 spiro atoms. The first-order chi connectivity index (χ1) is 8.72. The van der Waals surface area contributed by atoms with E-state index in [9.17, 15) is 0 Å². The third kappa shape index (κ3) is 4.12. The van der Waals surface area contributed by atoms with Crippen LogP contribution in [-0.4, -0.2) is 16.7 Å². The fourth-order valence-corrected chi connectivity index (χ4v) is 2.13. The van der Waals surface area contributed by atoms with Crippen molar-refractivity contribution < 1.29 is 0 Å². The molecule has 3 nitrogen and oxygen atoms in total. The number of hydrogen-bond donors (Lipinski definition) is 1. The Morgan fingerprint density at radius 3 is 2.78 bits per heavy atom. The molecule has 0 aliphatic heterocycles. The molecule has 0 saturated heterocycles. The molecule has 1 aromatic rings. The van der Waals surface area contributed by atoms with E-state index in [0.717, 1.165) is 43.6 Å². The number of nitrogens with zero attached hydrogens (tertiary/aromatic N) is 2. The predicted octanol–water partition coefficient (Wildman–Crippen LogP) is 2.80. The van der Waals surface area contributed by atoms with Crippen molar-refractivity contribution in [1.82, 2.24) is 15.5 Å². The van der Waals surface area contributed by atoms with Gasteiger partial charge in [-0.15, -0.1) is 12.3 Å². The van der Waals surface area contributed by atoms with Gasteiger partial charge in [0.25, 0.3) is 0 Å². The topological polar surface area (TPSA) is 37.8 Å². The number of aromatic nitrogens is 2. The molecule has 1 atom stereocenters. The van der Waals surface area contributed by atoms with Crippen molar-refractivity contribution in [3.63, 3.8) is 0 Å². The molecule has 0 bridgehead atoms. The third-order valence-electron chi connectivity index (χ3n) is 3.00. The van der Waals surface area contributed by atoms with Gasteiger partial charge in [-0.25, -0.2) is 0 Å². The lowest BCUT2D eigenvalue weighted by Gasteiger charge is -2.20. The van der Waals surface area contributed by atoms with Gasteiger partial charge in [0.2, 0.25) is 0 Å². The molecule has 3 heteroatoms. The van der Waals surface area contributed by atoms with Crippen molar-refractivity contribution in [2.75, 3.05) is 6.54 Å². The lowest BCUT2D eigenvalue weighted by Crippen LogP contribution is -2.23. The van der Waals surface area contributed by atoms with Gasteiger partial charge in [0.05, 0.1) is 11.4 Å². The van der Waals surface area contributed by atoms with Gasteiger partial charge in [-0.1, -0.05) is 13.8 Å². The predicted molar refractivity (Wildman–Crippen MR) is 75.2 cm³/mol. The lowest BCUT2D eigenvalue weighted by atomic mass is 9.98. The van der Waals surface area contributed by atoms with E-state index in [1.807, 2.05) is 6.92 Å². The van der Waals surface area contributed by atoms with E-state index in [1.165, 1.54) is 5.56 Å². The molecule has 1 heterocycles. The normalized spacial score (nSPS) is 12.1. The smallest absolute Gasteiger partial charge is 0.0676 e. The van der Waals surface area contributed by atoms with Crippen molar-refractivity contribution in [2.45, 2.75) is 52.5 Å². The van der Waals surface area contributed by atoms with Crippen LogP contribution in [0.1, 0.15) is 56.1 Å². The minimum atomic E-state index is 0.340. The first-order valence-electron chi connectivity index (χ1n) is 6.72. The summed E-state index contributed by atoms with van der Waals surface area (Å²) in [6.07, 6.45) is 9.16. The maximum atomic E-state index is 5.31. The zero-order valence-electron chi connectivity index (χ0n) is 11.7. The summed E-state index contributed by atoms with van der Waals surface area (Å²) >= 11 is 0. The number of unbranched alkanes of at least 4 members (excludes halogenated alkanes) is 1. The quantitative estimate of drug-likeness (QED) is 0.593. The minimum absolute atomic E-state index is 0.340. The summed E-state index contributed by atoms with van der Waals surface area (Å²) in [4.78, 5) is 0. The number of rotatable bonds is 7. The van der Waals surface area contributed by atoms with E-state index in [1.54, 1.807) is 0 Å². The molecule has 1 unspecified atom stereocenters. The zero-order valence-corrected chi connectivity index (χ0v) is 11.7. The molecule has 0 saturated carbocycles. The van der Waals surface area contributed by atoms with Crippen molar-refractivity contribution >= 4 is 0 Å². The third-order valence-corrected chi connectivity index (χ3v) is 3.00. The maximum absolute atomic E-state index is 5.31. The summed E-state index contributed by atoms with van der Waals surface area (Å²) < 4.78 is 0. The Morgan fingerprint density at radius 1 is 1.39 bits per heavy atom. The van der Waals surface area contributed by atoms with Crippen LogP contribution in [0.5, 0.6) is 0 Å². The summed E-state index contributed by atoms with van der Waals surface area (Å²) in [5.74, 6) is 2.70. The highest BCUT2D eigenvalue weighted by molar-refractivity contribution is 5.24. The first-order valence-corrected chi connectivity index (χ1v) is 6.72. The molecule has 0 fully saturated rings. The van der Waals surface area contributed by atoms with Crippen molar-refractivity contribution in [1.29, 1.82) is 0 Å². The van der Waals surface area contributed by atoms with Crippen LogP contribution in [0.15, 0.2) is 6.07 Å². The van der Waals surface area contributed by atoms with Crippen LogP contribution in [0.2, 0.25) is 0 Å². The number of terminal acetylenes is 1. The van der Waals surface area contributed by atoms with E-state index < -0.39 is 0 Å². The fourth-order valence-electron chi connectivity index (χ4n) is 2.13. The lowest BCUT2D eigenvalue weighted by molar-refractivity contribution is 0.494. The van der Waals surface area contributed by atoms with Crippen LogP contribution < -0.4 is 5.32 Å². The Kier molecular flexibility index (Phi) is 6.38. The van der Waals surface area contributed by atoms with Crippen LogP contribution in [0.25, 0.3) is 0 Å². The standard InChI is InChI=1S/C15H23N3/c1-5-8-9-10-15(16-7-3)13-11-12(4)17-18-14(13)6-2/h1,11,15-16H,6-10H2,2-4H3. The summed E-state index contributed by atoms with van der Waals surface area (Å²) in [6.45, 7) is 7.18. The maximum Gasteiger partial charge on any atom is 0.0676 e. The molecule has 0 aliphatic carbocycles. The molecular formula is C15H23N3. The van der Waals surface area contributed by atoms with Gasteiger partial charge in [0.1, 0.15) is 0 Å². The van der Waals surface area contributed by atoms with Crippen molar-refractivity contribution in [3.8, 4) is 12.3 Å². The van der Waals surface area contributed by atoms with E-state index in [2.05, 4.69) is 41.3 Å². The Labute approximate surface area is 110 Å². The molecule has 1 aromatic heterocycles. The van der Waals surface area contributed by atoms with E-state index in [4.69, 9.17) is 6.42 Å². The Balaban J connectivity index is 2.89. The fraction of sp³-hybridized carbons (Fsp3) is 0.600. The molecule has 98 valence electrons. The summed E-state index contributed by atoms with van der Waals surface area (Å²) in [5, 5.41) is 12.0. The average Bonchev–Trinajstić information content (AvgIpc) is 2.38. The van der Waals surface area contributed by atoms with Gasteiger partial charge in [-0.2, -0.15) is 10.2 Å². The highest BCUT2D eigenvalue weighted by atomic mass is 15.1. The second-order valence-electron chi connectivity index (χ2n) is 4.45. The van der Waals surface area contributed by atoms with E-state index in [-0.39, 0.29) is 0 Å². The highest BCUT2D eigenvalue weighted by Crippen LogP contribution is 2.22. The number of aryl methyl sites for hydroxylation is 2. The van der Waals surface area contributed by atoms with E-state index >= 15 is 0 Å². The zero-order chi connectivity index (χ0) is 13.4.